The van der Waals surface area contributed by atoms with Crippen molar-refractivity contribution in [2.24, 2.45) is 0 Å². The van der Waals surface area contributed by atoms with Crippen molar-refractivity contribution in [3.8, 4) is 0 Å². The molecule has 0 aliphatic heterocycles. The molecule has 0 atom stereocenters. The number of sulfonamides is 1. The van der Waals surface area contributed by atoms with Crippen LogP contribution in [0.15, 0.2) is 18.2 Å². The molecule has 0 fully saturated rings. The van der Waals surface area contributed by atoms with Crippen molar-refractivity contribution >= 4 is 27.3 Å². The predicted molar refractivity (Wildman–Crippen MR) is 86.5 cm³/mol. The maximum atomic E-state index is 11.4. The predicted octanol–water partition coefficient (Wildman–Crippen LogP) is 2.01. The molecule has 0 unspecified atom stereocenters. The molecule has 1 rings (SSSR count). The number of hydrogen-bond acceptors (Lipinski definition) is 5. The first kappa shape index (κ1) is 18.8. The van der Waals surface area contributed by atoms with E-state index in [2.05, 4.69) is 5.32 Å². The highest BCUT2D eigenvalue weighted by atomic mass is 35.5. The van der Waals surface area contributed by atoms with Crippen molar-refractivity contribution in [2.45, 2.75) is 19.9 Å². The maximum absolute atomic E-state index is 11.4. The Labute approximate surface area is 135 Å². The van der Waals surface area contributed by atoms with Gasteiger partial charge in [-0.15, -0.1) is 0 Å². The highest BCUT2D eigenvalue weighted by molar-refractivity contribution is 7.88. The molecular weight excluding hydrogens is 330 g/mol. The zero-order valence-corrected chi connectivity index (χ0v) is 14.2. The number of nitrogens with zero attached hydrogens (tertiary/aromatic N) is 2. The van der Waals surface area contributed by atoms with E-state index in [-0.39, 0.29) is 5.69 Å². The number of nitro benzene ring substituents is 1. The first-order valence-corrected chi connectivity index (χ1v) is 9.07. The Hall–Kier alpha value is -1.22. The number of nitrogens with one attached hydrogen (secondary N) is 1. The van der Waals surface area contributed by atoms with Crippen LogP contribution in [0.3, 0.4) is 0 Å². The van der Waals surface area contributed by atoms with Gasteiger partial charge in [0.25, 0.3) is 5.69 Å². The number of nitro groups is 1. The lowest BCUT2D eigenvalue weighted by atomic mass is 10.2. The fraction of sp³-hybridized carbons (Fsp3) is 0.538. The topological polar surface area (TPSA) is 92.5 Å². The third-order valence-corrected chi connectivity index (χ3v) is 4.89. The van der Waals surface area contributed by atoms with Crippen LogP contribution >= 0.6 is 11.6 Å². The van der Waals surface area contributed by atoms with E-state index in [1.54, 1.807) is 6.92 Å². The summed E-state index contributed by atoms with van der Waals surface area (Å²) in [5.41, 5.74) is 0.641. The van der Waals surface area contributed by atoms with Crippen LogP contribution in [-0.2, 0) is 16.6 Å². The summed E-state index contributed by atoms with van der Waals surface area (Å²) in [6.45, 7) is 3.65. The molecule has 0 saturated heterocycles. The monoisotopic (exact) mass is 349 g/mol. The molecule has 1 N–H and O–H groups in total. The highest BCUT2D eigenvalue weighted by Crippen LogP contribution is 2.21. The third kappa shape index (κ3) is 5.88. The summed E-state index contributed by atoms with van der Waals surface area (Å²) in [4.78, 5) is 10.3. The van der Waals surface area contributed by atoms with Crippen LogP contribution in [0, 0.1) is 10.1 Å². The minimum absolute atomic E-state index is 0.00423. The summed E-state index contributed by atoms with van der Waals surface area (Å²) in [5.74, 6) is 0. The van der Waals surface area contributed by atoms with Gasteiger partial charge in [0.15, 0.2) is 0 Å². The molecule has 0 aromatic heterocycles. The fourth-order valence-electron chi connectivity index (χ4n) is 1.97. The van der Waals surface area contributed by atoms with Crippen LogP contribution in [0.5, 0.6) is 0 Å². The molecule has 22 heavy (non-hydrogen) atoms. The third-order valence-electron chi connectivity index (χ3n) is 3.14. The molecule has 0 aliphatic rings. The number of non-ortho nitro benzene ring substituents is 1. The van der Waals surface area contributed by atoms with Crippen LogP contribution in [0.2, 0.25) is 5.02 Å². The van der Waals surface area contributed by atoms with E-state index in [9.17, 15) is 18.5 Å². The Morgan fingerprint density at radius 3 is 2.64 bits per heavy atom. The van der Waals surface area contributed by atoms with Gasteiger partial charge in [-0.05, 0) is 24.6 Å². The molecular formula is C13H20ClN3O4S. The SMILES string of the molecule is CCN(CCCNCc1cc([N+](=O)[O-])ccc1Cl)S(C)(=O)=O. The summed E-state index contributed by atoms with van der Waals surface area (Å²) < 4.78 is 24.2. The lowest BCUT2D eigenvalue weighted by molar-refractivity contribution is -0.384. The Bertz CT molecular complexity index is 622. The number of rotatable bonds is 9. The summed E-state index contributed by atoms with van der Waals surface area (Å²) in [5, 5.41) is 14.3. The van der Waals surface area contributed by atoms with E-state index in [4.69, 9.17) is 11.6 Å². The Morgan fingerprint density at radius 1 is 1.41 bits per heavy atom. The van der Waals surface area contributed by atoms with Crippen LogP contribution < -0.4 is 5.32 Å². The Balaban J connectivity index is 2.45. The first-order chi connectivity index (χ1) is 10.3. The lowest BCUT2D eigenvalue weighted by Gasteiger charge is -2.17. The van der Waals surface area contributed by atoms with Gasteiger partial charge in [0.05, 0.1) is 11.2 Å². The minimum atomic E-state index is -3.17. The van der Waals surface area contributed by atoms with Crippen molar-refractivity contribution in [1.82, 2.24) is 9.62 Å². The molecule has 0 bridgehead atoms. The zero-order valence-electron chi connectivity index (χ0n) is 12.6. The van der Waals surface area contributed by atoms with Crippen LogP contribution in [0.25, 0.3) is 0 Å². The molecule has 1 aromatic rings. The maximum Gasteiger partial charge on any atom is 0.269 e. The van der Waals surface area contributed by atoms with Crippen LogP contribution in [0.1, 0.15) is 18.9 Å². The first-order valence-electron chi connectivity index (χ1n) is 6.84. The second-order valence-corrected chi connectivity index (χ2v) is 7.21. The van der Waals surface area contributed by atoms with Crippen molar-refractivity contribution < 1.29 is 13.3 Å². The molecule has 9 heteroatoms. The van der Waals surface area contributed by atoms with Crippen molar-refractivity contribution in [3.63, 3.8) is 0 Å². The number of benzene rings is 1. The van der Waals surface area contributed by atoms with Gasteiger partial charge >= 0.3 is 0 Å². The van der Waals surface area contributed by atoms with Gasteiger partial charge in [0.2, 0.25) is 10.0 Å². The Kier molecular flexibility index (Phi) is 7.21. The van der Waals surface area contributed by atoms with E-state index in [1.165, 1.54) is 28.8 Å². The molecule has 0 heterocycles. The number of hydrogen-bond donors (Lipinski definition) is 1. The van der Waals surface area contributed by atoms with Gasteiger partial charge < -0.3 is 5.32 Å². The second kappa shape index (κ2) is 8.42. The van der Waals surface area contributed by atoms with Gasteiger partial charge in [0, 0.05) is 36.8 Å². The van der Waals surface area contributed by atoms with E-state index in [0.29, 0.717) is 43.2 Å². The standard InChI is InChI=1S/C13H20ClN3O4S/c1-3-16(22(2,20)21)8-4-7-15-10-11-9-12(17(18)19)5-6-13(11)14/h5-6,9,15H,3-4,7-8,10H2,1-2H3. The molecule has 1 aromatic carbocycles. The van der Waals surface area contributed by atoms with Crippen LogP contribution in [0.4, 0.5) is 5.69 Å². The normalized spacial score (nSPS) is 11.8. The molecule has 0 aliphatic carbocycles. The van der Waals surface area contributed by atoms with E-state index in [0.717, 1.165) is 0 Å². The average Bonchev–Trinajstić information content (AvgIpc) is 2.42. The van der Waals surface area contributed by atoms with E-state index >= 15 is 0 Å². The summed E-state index contributed by atoms with van der Waals surface area (Å²) in [7, 11) is -3.17. The summed E-state index contributed by atoms with van der Waals surface area (Å²) >= 11 is 6.00. The molecule has 0 radical (unpaired) electrons. The van der Waals surface area contributed by atoms with Crippen LogP contribution in [-0.4, -0.2) is 43.5 Å². The summed E-state index contributed by atoms with van der Waals surface area (Å²) in [6, 6.07) is 4.29. The van der Waals surface area contributed by atoms with Gasteiger partial charge in [-0.2, -0.15) is 0 Å². The molecule has 124 valence electrons. The van der Waals surface area contributed by atoms with E-state index in [1.807, 2.05) is 0 Å². The molecule has 0 amide bonds. The lowest BCUT2D eigenvalue weighted by Crippen LogP contribution is -2.32. The largest absolute Gasteiger partial charge is 0.313 e. The van der Waals surface area contributed by atoms with Crippen molar-refractivity contribution in [2.75, 3.05) is 25.9 Å². The van der Waals surface area contributed by atoms with Gasteiger partial charge in [-0.25, -0.2) is 12.7 Å². The van der Waals surface area contributed by atoms with Gasteiger partial charge in [0.1, 0.15) is 0 Å². The zero-order chi connectivity index (χ0) is 16.8. The molecule has 0 spiro atoms. The second-order valence-electron chi connectivity index (χ2n) is 4.82. The number of halogens is 1. The smallest absolute Gasteiger partial charge is 0.269 e. The van der Waals surface area contributed by atoms with Crippen molar-refractivity contribution in [1.29, 1.82) is 0 Å². The van der Waals surface area contributed by atoms with Gasteiger partial charge in [-0.1, -0.05) is 18.5 Å². The molecule has 7 nitrogen and oxygen atoms in total. The quantitative estimate of drug-likeness (QED) is 0.418. The van der Waals surface area contributed by atoms with Gasteiger partial charge in [-0.3, -0.25) is 10.1 Å². The van der Waals surface area contributed by atoms with Crippen molar-refractivity contribution in [3.05, 3.63) is 38.9 Å². The Morgan fingerprint density at radius 2 is 2.09 bits per heavy atom. The highest BCUT2D eigenvalue weighted by Gasteiger charge is 2.13. The summed E-state index contributed by atoms with van der Waals surface area (Å²) in [6.07, 6.45) is 1.83. The van der Waals surface area contributed by atoms with E-state index < -0.39 is 14.9 Å². The fourth-order valence-corrected chi connectivity index (χ4v) is 3.09. The minimum Gasteiger partial charge on any atom is -0.313 e. The molecule has 0 saturated carbocycles. The average molecular weight is 350 g/mol.